The van der Waals surface area contributed by atoms with Crippen molar-refractivity contribution in [3.8, 4) is 0 Å². The number of aromatic nitrogens is 3. The van der Waals surface area contributed by atoms with Gasteiger partial charge in [0.2, 0.25) is 5.91 Å². The van der Waals surface area contributed by atoms with E-state index in [0.29, 0.717) is 26.1 Å². The molecule has 0 saturated carbocycles. The fraction of sp³-hybridized carbons (Fsp3) is 0.438. The third-order valence-corrected chi connectivity index (χ3v) is 3.75. The Labute approximate surface area is 159 Å². The largest absolute Gasteiger partial charge is 0.378 e. The standard InChI is InChI=1S/C16H21N5O2.2ClH/c22-16(7-15-10-23-6-5-18-15)19-8-13-1-3-14(4-2-13)9-21-12-17-11-20-21;;/h1-4,11-12,15,18H,5-10H2,(H,19,22);2*1H. The van der Waals surface area contributed by atoms with Crippen molar-refractivity contribution in [3.05, 3.63) is 48.0 Å². The van der Waals surface area contributed by atoms with Crippen LogP contribution in [-0.2, 0) is 22.6 Å². The fourth-order valence-electron chi connectivity index (χ4n) is 2.51. The Bertz CT molecular complexity index is 616. The molecule has 1 aliphatic heterocycles. The van der Waals surface area contributed by atoms with Crippen molar-refractivity contribution in [2.75, 3.05) is 19.8 Å². The molecule has 0 spiro atoms. The summed E-state index contributed by atoms with van der Waals surface area (Å²) in [6, 6.07) is 8.25. The molecule has 0 aliphatic carbocycles. The van der Waals surface area contributed by atoms with Gasteiger partial charge in [-0.15, -0.1) is 24.8 Å². The number of ether oxygens (including phenoxy) is 1. The van der Waals surface area contributed by atoms with Gasteiger partial charge in [0.15, 0.2) is 0 Å². The SMILES string of the molecule is Cl.Cl.O=C(CC1COCCN1)NCc1ccc(Cn2cncn2)cc1. The normalized spacial score (nSPS) is 16.4. The zero-order valence-electron chi connectivity index (χ0n) is 13.8. The summed E-state index contributed by atoms with van der Waals surface area (Å²) in [7, 11) is 0. The first-order chi connectivity index (χ1) is 11.3. The molecule has 138 valence electrons. The zero-order valence-corrected chi connectivity index (χ0v) is 15.4. The molecular weight excluding hydrogens is 365 g/mol. The Morgan fingerprint density at radius 3 is 2.68 bits per heavy atom. The molecule has 1 aliphatic rings. The number of amides is 1. The highest BCUT2D eigenvalue weighted by atomic mass is 35.5. The van der Waals surface area contributed by atoms with Crippen molar-refractivity contribution in [2.45, 2.75) is 25.6 Å². The number of carbonyl (C=O) groups excluding carboxylic acids is 1. The highest BCUT2D eigenvalue weighted by molar-refractivity contribution is 5.85. The summed E-state index contributed by atoms with van der Waals surface area (Å²) < 4.78 is 7.12. The van der Waals surface area contributed by atoms with Crippen molar-refractivity contribution in [1.82, 2.24) is 25.4 Å². The van der Waals surface area contributed by atoms with Gasteiger partial charge in [0.05, 0.1) is 19.8 Å². The smallest absolute Gasteiger partial charge is 0.221 e. The summed E-state index contributed by atoms with van der Waals surface area (Å²) in [5.74, 6) is 0.0414. The van der Waals surface area contributed by atoms with Crippen LogP contribution in [0.4, 0.5) is 0 Å². The molecule has 0 bridgehead atoms. The second-order valence-electron chi connectivity index (χ2n) is 5.62. The van der Waals surface area contributed by atoms with Gasteiger partial charge in [-0.25, -0.2) is 9.67 Å². The highest BCUT2D eigenvalue weighted by Crippen LogP contribution is 2.06. The lowest BCUT2D eigenvalue weighted by molar-refractivity contribution is -0.122. The summed E-state index contributed by atoms with van der Waals surface area (Å²) in [4.78, 5) is 15.9. The van der Waals surface area contributed by atoms with Gasteiger partial charge in [-0.2, -0.15) is 5.10 Å². The van der Waals surface area contributed by atoms with Gasteiger partial charge in [-0.05, 0) is 11.1 Å². The monoisotopic (exact) mass is 387 g/mol. The van der Waals surface area contributed by atoms with E-state index in [1.165, 1.54) is 6.33 Å². The first kappa shape index (κ1) is 21.4. The number of nitrogens with one attached hydrogen (secondary N) is 2. The molecule has 1 atom stereocenters. The maximum Gasteiger partial charge on any atom is 0.221 e. The maximum absolute atomic E-state index is 11.9. The number of hydrogen-bond donors (Lipinski definition) is 2. The minimum atomic E-state index is 0. The lowest BCUT2D eigenvalue weighted by Gasteiger charge is -2.23. The number of nitrogens with zero attached hydrogens (tertiary/aromatic N) is 3. The van der Waals surface area contributed by atoms with E-state index in [1.54, 1.807) is 11.0 Å². The van der Waals surface area contributed by atoms with Gasteiger partial charge in [0.1, 0.15) is 12.7 Å². The fourth-order valence-corrected chi connectivity index (χ4v) is 2.51. The second kappa shape index (κ2) is 11.0. The molecule has 1 amide bonds. The van der Waals surface area contributed by atoms with Crippen LogP contribution >= 0.6 is 24.8 Å². The molecule has 1 fully saturated rings. The topological polar surface area (TPSA) is 81.1 Å². The van der Waals surface area contributed by atoms with Crippen molar-refractivity contribution in [3.63, 3.8) is 0 Å². The first-order valence-corrected chi connectivity index (χ1v) is 7.77. The third-order valence-electron chi connectivity index (χ3n) is 3.75. The molecule has 1 aromatic heterocycles. The van der Waals surface area contributed by atoms with Crippen LogP contribution in [0, 0.1) is 0 Å². The molecule has 3 rings (SSSR count). The summed E-state index contributed by atoms with van der Waals surface area (Å²) in [5.41, 5.74) is 2.22. The molecule has 1 aromatic carbocycles. The Morgan fingerprint density at radius 1 is 1.28 bits per heavy atom. The van der Waals surface area contributed by atoms with Crippen molar-refractivity contribution in [2.24, 2.45) is 0 Å². The van der Waals surface area contributed by atoms with Crippen molar-refractivity contribution >= 4 is 30.7 Å². The molecule has 7 nitrogen and oxygen atoms in total. The van der Waals surface area contributed by atoms with Crippen LogP contribution in [0.5, 0.6) is 0 Å². The molecule has 1 saturated heterocycles. The number of benzene rings is 1. The lowest BCUT2D eigenvalue weighted by Crippen LogP contribution is -2.44. The molecule has 9 heteroatoms. The van der Waals surface area contributed by atoms with E-state index in [9.17, 15) is 4.79 Å². The number of carbonyl (C=O) groups is 1. The van der Waals surface area contributed by atoms with Crippen LogP contribution in [0.25, 0.3) is 0 Å². The average molecular weight is 388 g/mol. The quantitative estimate of drug-likeness (QED) is 0.777. The van der Waals surface area contributed by atoms with Crippen LogP contribution in [0.15, 0.2) is 36.9 Å². The van der Waals surface area contributed by atoms with Crippen LogP contribution in [0.2, 0.25) is 0 Å². The van der Waals surface area contributed by atoms with Gasteiger partial charge in [0, 0.05) is 25.6 Å². The Balaban J connectivity index is 0.00000156. The van der Waals surface area contributed by atoms with E-state index >= 15 is 0 Å². The highest BCUT2D eigenvalue weighted by Gasteiger charge is 2.16. The van der Waals surface area contributed by atoms with E-state index < -0.39 is 0 Å². The van der Waals surface area contributed by atoms with E-state index in [0.717, 1.165) is 24.3 Å². The number of halogens is 2. The average Bonchev–Trinajstić information content (AvgIpc) is 3.08. The Kier molecular flexibility index (Phi) is 9.44. The molecule has 2 aromatic rings. The van der Waals surface area contributed by atoms with Gasteiger partial charge in [0.25, 0.3) is 0 Å². The van der Waals surface area contributed by atoms with E-state index in [4.69, 9.17) is 4.74 Å². The van der Waals surface area contributed by atoms with Gasteiger partial charge < -0.3 is 15.4 Å². The lowest BCUT2D eigenvalue weighted by atomic mass is 10.1. The summed E-state index contributed by atoms with van der Waals surface area (Å²) in [5, 5.41) is 10.3. The van der Waals surface area contributed by atoms with Crippen LogP contribution < -0.4 is 10.6 Å². The first-order valence-electron chi connectivity index (χ1n) is 7.77. The number of rotatable bonds is 6. The Hall–Kier alpha value is -1.67. The van der Waals surface area contributed by atoms with Crippen LogP contribution in [-0.4, -0.2) is 46.5 Å². The molecule has 2 heterocycles. The van der Waals surface area contributed by atoms with Gasteiger partial charge in [-0.1, -0.05) is 24.3 Å². The Morgan fingerprint density at radius 2 is 2.04 bits per heavy atom. The molecule has 25 heavy (non-hydrogen) atoms. The zero-order chi connectivity index (χ0) is 15.9. The van der Waals surface area contributed by atoms with Crippen LogP contribution in [0.3, 0.4) is 0 Å². The predicted octanol–water partition coefficient (Wildman–Crippen LogP) is 1.16. The molecule has 1 unspecified atom stereocenters. The molecule has 2 N–H and O–H groups in total. The van der Waals surface area contributed by atoms with E-state index in [1.807, 2.05) is 24.3 Å². The van der Waals surface area contributed by atoms with E-state index in [-0.39, 0.29) is 36.8 Å². The predicted molar refractivity (Wildman–Crippen MR) is 99.1 cm³/mol. The number of morpholine rings is 1. The van der Waals surface area contributed by atoms with Crippen LogP contribution in [0.1, 0.15) is 17.5 Å². The third kappa shape index (κ3) is 6.99. The molecular formula is C16H23Cl2N5O2. The minimum Gasteiger partial charge on any atom is -0.378 e. The maximum atomic E-state index is 11.9. The summed E-state index contributed by atoms with van der Waals surface area (Å²) >= 11 is 0. The van der Waals surface area contributed by atoms with E-state index in [2.05, 4.69) is 20.7 Å². The van der Waals surface area contributed by atoms with Crippen molar-refractivity contribution < 1.29 is 9.53 Å². The van der Waals surface area contributed by atoms with Gasteiger partial charge >= 0.3 is 0 Å². The summed E-state index contributed by atoms with van der Waals surface area (Å²) in [6.07, 6.45) is 3.66. The second-order valence-corrected chi connectivity index (χ2v) is 5.62. The van der Waals surface area contributed by atoms with Gasteiger partial charge in [-0.3, -0.25) is 4.79 Å². The minimum absolute atomic E-state index is 0. The number of hydrogen-bond acceptors (Lipinski definition) is 5. The van der Waals surface area contributed by atoms with Crippen molar-refractivity contribution in [1.29, 1.82) is 0 Å². The summed E-state index contributed by atoms with van der Waals surface area (Å²) in [6.45, 7) is 3.37. The molecule has 0 radical (unpaired) electrons.